The number of para-hydroxylation sites is 1. The van der Waals surface area contributed by atoms with E-state index in [0.717, 1.165) is 11.3 Å². The SMILES string of the molecule is CCO[C@@H]1COc2ccccc2[C@]1(C)OCC. The summed E-state index contributed by atoms with van der Waals surface area (Å²) in [6, 6.07) is 8.02. The number of hydrogen-bond acceptors (Lipinski definition) is 3. The van der Waals surface area contributed by atoms with E-state index in [4.69, 9.17) is 14.2 Å². The monoisotopic (exact) mass is 236 g/mol. The Kier molecular flexibility index (Phi) is 3.69. The minimum atomic E-state index is -0.417. The maximum Gasteiger partial charge on any atom is 0.125 e. The normalized spacial score (nSPS) is 27.4. The molecule has 0 saturated heterocycles. The van der Waals surface area contributed by atoms with Crippen molar-refractivity contribution in [3.63, 3.8) is 0 Å². The van der Waals surface area contributed by atoms with Gasteiger partial charge in [-0.1, -0.05) is 18.2 Å². The van der Waals surface area contributed by atoms with Gasteiger partial charge in [0.05, 0.1) is 0 Å². The highest BCUT2D eigenvalue weighted by molar-refractivity contribution is 5.40. The average molecular weight is 236 g/mol. The van der Waals surface area contributed by atoms with E-state index in [1.165, 1.54) is 0 Å². The molecule has 0 aliphatic carbocycles. The van der Waals surface area contributed by atoms with E-state index in [0.29, 0.717) is 19.8 Å². The molecule has 1 heterocycles. The lowest BCUT2D eigenvalue weighted by atomic mass is 9.87. The van der Waals surface area contributed by atoms with Crippen LogP contribution >= 0.6 is 0 Å². The Morgan fingerprint density at radius 1 is 1.29 bits per heavy atom. The third kappa shape index (κ3) is 2.17. The van der Waals surface area contributed by atoms with Gasteiger partial charge >= 0.3 is 0 Å². The third-order valence-electron chi connectivity index (χ3n) is 3.24. The molecule has 0 bridgehead atoms. The molecule has 1 aliphatic heterocycles. The molecule has 2 rings (SSSR count). The van der Waals surface area contributed by atoms with Gasteiger partial charge in [0.15, 0.2) is 0 Å². The van der Waals surface area contributed by atoms with Crippen molar-refractivity contribution in [1.29, 1.82) is 0 Å². The molecule has 2 atom stereocenters. The van der Waals surface area contributed by atoms with Crippen molar-refractivity contribution < 1.29 is 14.2 Å². The Balaban J connectivity index is 2.38. The summed E-state index contributed by atoms with van der Waals surface area (Å²) in [7, 11) is 0. The molecule has 0 spiro atoms. The van der Waals surface area contributed by atoms with Crippen LogP contribution in [0.15, 0.2) is 24.3 Å². The summed E-state index contributed by atoms with van der Waals surface area (Å²) in [6.07, 6.45) is -0.0534. The molecule has 0 amide bonds. The summed E-state index contributed by atoms with van der Waals surface area (Å²) in [5.41, 5.74) is 0.658. The second-order valence-electron chi connectivity index (χ2n) is 4.29. The van der Waals surface area contributed by atoms with E-state index in [-0.39, 0.29) is 6.10 Å². The topological polar surface area (TPSA) is 27.7 Å². The zero-order valence-electron chi connectivity index (χ0n) is 10.7. The largest absolute Gasteiger partial charge is 0.490 e. The van der Waals surface area contributed by atoms with Gasteiger partial charge in [0.1, 0.15) is 24.1 Å². The van der Waals surface area contributed by atoms with E-state index in [1.807, 2.05) is 32.0 Å². The second kappa shape index (κ2) is 5.07. The molecule has 1 aromatic carbocycles. The average Bonchev–Trinajstić information content (AvgIpc) is 2.34. The Labute approximate surface area is 103 Å². The zero-order chi connectivity index (χ0) is 12.3. The molecule has 1 aliphatic rings. The van der Waals surface area contributed by atoms with E-state index in [9.17, 15) is 0 Å². The standard InChI is InChI=1S/C14H20O3/c1-4-15-13-10-16-12-9-7-6-8-11(12)14(13,3)17-5-2/h6-9,13H,4-5,10H2,1-3H3/t13-,14+/m1/s1. The number of hydrogen-bond donors (Lipinski definition) is 0. The molecule has 1 aromatic rings. The van der Waals surface area contributed by atoms with Crippen LogP contribution in [0.5, 0.6) is 5.75 Å². The molecule has 3 heteroatoms. The predicted octanol–water partition coefficient (Wildman–Crippen LogP) is 2.74. The maximum atomic E-state index is 5.96. The van der Waals surface area contributed by atoms with Crippen LogP contribution in [0.4, 0.5) is 0 Å². The molecular weight excluding hydrogens is 216 g/mol. The molecule has 0 unspecified atom stereocenters. The molecular formula is C14H20O3. The fourth-order valence-electron chi connectivity index (χ4n) is 2.38. The van der Waals surface area contributed by atoms with Crippen molar-refractivity contribution >= 4 is 0 Å². The van der Waals surface area contributed by atoms with Crippen LogP contribution in [0, 0.1) is 0 Å². The second-order valence-corrected chi connectivity index (χ2v) is 4.29. The first kappa shape index (κ1) is 12.4. The lowest BCUT2D eigenvalue weighted by Gasteiger charge is -2.41. The Morgan fingerprint density at radius 2 is 2.06 bits per heavy atom. The Hall–Kier alpha value is -1.06. The van der Waals surface area contributed by atoms with Crippen LogP contribution in [0.25, 0.3) is 0 Å². The predicted molar refractivity (Wildman–Crippen MR) is 66.3 cm³/mol. The molecule has 3 nitrogen and oxygen atoms in total. The van der Waals surface area contributed by atoms with E-state index >= 15 is 0 Å². The highest BCUT2D eigenvalue weighted by Crippen LogP contribution is 2.40. The molecule has 0 aromatic heterocycles. The van der Waals surface area contributed by atoms with Gasteiger partial charge in [0, 0.05) is 18.8 Å². The van der Waals surface area contributed by atoms with Gasteiger partial charge in [0.25, 0.3) is 0 Å². The quantitative estimate of drug-likeness (QED) is 0.804. The first-order valence-electron chi connectivity index (χ1n) is 6.20. The zero-order valence-corrected chi connectivity index (χ0v) is 10.7. The van der Waals surface area contributed by atoms with Crippen molar-refractivity contribution in [1.82, 2.24) is 0 Å². The summed E-state index contributed by atoms with van der Waals surface area (Å²) >= 11 is 0. The summed E-state index contributed by atoms with van der Waals surface area (Å²) in [5, 5.41) is 0. The van der Waals surface area contributed by atoms with Crippen LogP contribution in [0.1, 0.15) is 26.3 Å². The highest BCUT2D eigenvalue weighted by atomic mass is 16.6. The maximum absolute atomic E-state index is 5.96. The summed E-state index contributed by atoms with van der Waals surface area (Å²) in [6.45, 7) is 7.95. The Bertz CT molecular complexity index is 377. The van der Waals surface area contributed by atoms with E-state index in [2.05, 4.69) is 13.0 Å². The van der Waals surface area contributed by atoms with Gasteiger partial charge < -0.3 is 14.2 Å². The first-order valence-corrected chi connectivity index (χ1v) is 6.20. The molecule has 0 fully saturated rings. The molecule has 17 heavy (non-hydrogen) atoms. The molecule has 94 valence electrons. The van der Waals surface area contributed by atoms with Gasteiger partial charge in [-0.25, -0.2) is 0 Å². The molecule has 0 radical (unpaired) electrons. The number of fused-ring (bicyclic) bond motifs is 1. The van der Waals surface area contributed by atoms with Gasteiger partial charge in [-0.05, 0) is 26.8 Å². The minimum Gasteiger partial charge on any atom is -0.490 e. The lowest BCUT2D eigenvalue weighted by Crippen LogP contribution is -2.48. The van der Waals surface area contributed by atoms with Crippen molar-refractivity contribution in [3.8, 4) is 5.75 Å². The highest BCUT2D eigenvalue weighted by Gasteiger charge is 2.43. The van der Waals surface area contributed by atoms with Gasteiger partial charge in [0.2, 0.25) is 0 Å². The fraction of sp³-hybridized carbons (Fsp3) is 0.571. The first-order chi connectivity index (χ1) is 8.22. The number of rotatable bonds is 4. The Morgan fingerprint density at radius 3 is 2.76 bits per heavy atom. The van der Waals surface area contributed by atoms with Crippen LogP contribution in [0.3, 0.4) is 0 Å². The minimum absolute atomic E-state index is 0.0534. The third-order valence-corrected chi connectivity index (χ3v) is 3.24. The van der Waals surface area contributed by atoms with Crippen molar-refractivity contribution in [2.75, 3.05) is 19.8 Å². The van der Waals surface area contributed by atoms with Gasteiger partial charge in [-0.15, -0.1) is 0 Å². The number of ether oxygens (including phenoxy) is 3. The molecule has 0 saturated carbocycles. The fourth-order valence-corrected chi connectivity index (χ4v) is 2.38. The lowest BCUT2D eigenvalue weighted by molar-refractivity contribution is -0.160. The summed E-state index contributed by atoms with van der Waals surface area (Å²) in [4.78, 5) is 0. The summed E-state index contributed by atoms with van der Waals surface area (Å²) in [5.74, 6) is 0.902. The van der Waals surface area contributed by atoms with Crippen LogP contribution < -0.4 is 4.74 Å². The van der Waals surface area contributed by atoms with Crippen LogP contribution in [-0.2, 0) is 15.1 Å². The van der Waals surface area contributed by atoms with Gasteiger partial charge in [-0.3, -0.25) is 0 Å². The van der Waals surface area contributed by atoms with E-state index in [1.54, 1.807) is 0 Å². The van der Waals surface area contributed by atoms with Crippen molar-refractivity contribution in [2.45, 2.75) is 32.5 Å². The van der Waals surface area contributed by atoms with Crippen LogP contribution in [0.2, 0.25) is 0 Å². The number of benzene rings is 1. The van der Waals surface area contributed by atoms with E-state index < -0.39 is 5.60 Å². The summed E-state index contributed by atoms with van der Waals surface area (Å²) < 4.78 is 17.4. The molecule has 0 N–H and O–H groups in total. The van der Waals surface area contributed by atoms with Crippen molar-refractivity contribution in [2.24, 2.45) is 0 Å². The van der Waals surface area contributed by atoms with Gasteiger partial charge in [-0.2, -0.15) is 0 Å². The van der Waals surface area contributed by atoms with Crippen molar-refractivity contribution in [3.05, 3.63) is 29.8 Å². The smallest absolute Gasteiger partial charge is 0.125 e. The van der Waals surface area contributed by atoms with Crippen LogP contribution in [-0.4, -0.2) is 25.9 Å².